The van der Waals surface area contributed by atoms with E-state index in [0.717, 1.165) is 18.5 Å². The minimum Gasteiger partial charge on any atom is -0.387 e. The quantitative estimate of drug-likeness (QED) is 0.847. The number of amides is 1. The molecule has 1 aliphatic carbocycles. The van der Waals surface area contributed by atoms with Crippen LogP contribution in [0.25, 0.3) is 11.4 Å². The number of aryl methyl sites for hydroxylation is 1. The van der Waals surface area contributed by atoms with Crippen molar-refractivity contribution in [2.75, 3.05) is 6.61 Å². The molecule has 2 heterocycles. The number of nitrogens with zero attached hydrogens (tertiary/aromatic N) is 4. The Labute approximate surface area is 154 Å². The molecule has 2 aromatic rings. The lowest BCUT2D eigenvalue weighted by Crippen LogP contribution is -2.37. The van der Waals surface area contributed by atoms with Gasteiger partial charge in [-0.15, -0.1) is 0 Å². The zero-order chi connectivity index (χ0) is 19.9. The number of carbonyl (C=O) groups excluding carboxylic acids is 1. The van der Waals surface area contributed by atoms with E-state index in [4.69, 9.17) is 5.11 Å². The summed E-state index contributed by atoms with van der Waals surface area (Å²) in [6, 6.07) is 2.05. The van der Waals surface area contributed by atoms with Gasteiger partial charge in [0.25, 0.3) is 5.91 Å². The van der Waals surface area contributed by atoms with E-state index in [1.54, 1.807) is 24.8 Å². The van der Waals surface area contributed by atoms with E-state index in [2.05, 4.69) is 20.3 Å². The summed E-state index contributed by atoms with van der Waals surface area (Å²) >= 11 is 0. The first-order valence-electron chi connectivity index (χ1n) is 8.58. The van der Waals surface area contributed by atoms with Gasteiger partial charge in [-0.1, -0.05) is 19.3 Å². The molecule has 27 heavy (non-hydrogen) atoms. The van der Waals surface area contributed by atoms with E-state index >= 15 is 0 Å². The van der Waals surface area contributed by atoms with E-state index in [1.165, 1.54) is 19.3 Å². The normalized spacial score (nSPS) is 15.0. The summed E-state index contributed by atoms with van der Waals surface area (Å²) in [4.78, 5) is 24.8. The molecule has 2 aromatic heterocycles. The van der Waals surface area contributed by atoms with Gasteiger partial charge in [0.15, 0.2) is 0 Å². The van der Waals surface area contributed by atoms with Gasteiger partial charge in [0.1, 0.15) is 6.61 Å². The predicted octanol–water partition coefficient (Wildman–Crippen LogP) is 2.48. The molecule has 0 spiro atoms. The van der Waals surface area contributed by atoms with Crippen molar-refractivity contribution in [3.05, 3.63) is 30.6 Å². The molecular weight excluding hydrogens is 363 g/mol. The molecule has 1 aliphatic rings. The number of alkyl halides is 3. The molecular formula is C17H22F3N5O2. The molecule has 0 aliphatic heterocycles. The van der Waals surface area contributed by atoms with E-state index in [-0.39, 0.29) is 17.8 Å². The minimum absolute atomic E-state index is 0.189. The first-order valence-corrected chi connectivity index (χ1v) is 8.58. The van der Waals surface area contributed by atoms with Gasteiger partial charge in [0.05, 0.1) is 23.9 Å². The molecule has 0 aromatic carbocycles. The van der Waals surface area contributed by atoms with Gasteiger partial charge in [-0.25, -0.2) is 15.0 Å². The number of aliphatic hydroxyl groups excluding tert-OH is 1. The van der Waals surface area contributed by atoms with Crippen molar-refractivity contribution in [1.29, 1.82) is 0 Å². The Hall–Kier alpha value is -2.49. The van der Waals surface area contributed by atoms with Gasteiger partial charge in [-0.3, -0.25) is 4.79 Å². The molecule has 148 valence electrons. The van der Waals surface area contributed by atoms with Crippen LogP contribution in [0.3, 0.4) is 0 Å². The van der Waals surface area contributed by atoms with Crippen molar-refractivity contribution >= 4 is 5.91 Å². The SMILES string of the molecule is Cn1cncc1-c1ccnc(C(=O)NC2CCCCC2)n1.OCC(F)(F)F. The van der Waals surface area contributed by atoms with E-state index < -0.39 is 12.8 Å². The highest BCUT2D eigenvalue weighted by atomic mass is 19.4. The highest BCUT2D eigenvalue weighted by Gasteiger charge is 2.24. The average molecular weight is 385 g/mol. The second-order valence-corrected chi connectivity index (χ2v) is 6.24. The van der Waals surface area contributed by atoms with Gasteiger partial charge < -0.3 is 15.0 Å². The molecule has 0 saturated heterocycles. The van der Waals surface area contributed by atoms with Crippen molar-refractivity contribution in [2.45, 2.75) is 44.3 Å². The number of hydrogen-bond acceptors (Lipinski definition) is 5. The van der Waals surface area contributed by atoms with Crippen LogP contribution in [0.5, 0.6) is 0 Å². The van der Waals surface area contributed by atoms with Crippen molar-refractivity contribution in [2.24, 2.45) is 7.05 Å². The molecule has 10 heteroatoms. The smallest absolute Gasteiger partial charge is 0.387 e. The van der Waals surface area contributed by atoms with Crippen LogP contribution in [0.4, 0.5) is 13.2 Å². The van der Waals surface area contributed by atoms with Crippen molar-refractivity contribution in [3.63, 3.8) is 0 Å². The fraction of sp³-hybridized carbons (Fsp3) is 0.529. The molecule has 7 nitrogen and oxygen atoms in total. The Morgan fingerprint density at radius 3 is 2.56 bits per heavy atom. The summed E-state index contributed by atoms with van der Waals surface area (Å²) in [6.07, 6.45) is 6.37. The van der Waals surface area contributed by atoms with Crippen LogP contribution in [0.1, 0.15) is 42.7 Å². The highest BCUT2D eigenvalue weighted by Crippen LogP contribution is 2.18. The Balaban J connectivity index is 0.000000380. The van der Waals surface area contributed by atoms with E-state index in [9.17, 15) is 18.0 Å². The molecule has 0 unspecified atom stereocenters. The Bertz CT molecular complexity index is 742. The third kappa shape index (κ3) is 6.63. The van der Waals surface area contributed by atoms with Crippen LogP contribution in [0.2, 0.25) is 0 Å². The monoisotopic (exact) mass is 385 g/mol. The molecule has 2 N–H and O–H groups in total. The zero-order valence-corrected chi connectivity index (χ0v) is 14.9. The minimum atomic E-state index is -4.40. The number of aliphatic hydroxyl groups is 1. The average Bonchev–Trinajstić information content (AvgIpc) is 3.08. The summed E-state index contributed by atoms with van der Waals surface area (Å²) in [6.45, 7) is -1.73. The van der Waals surface area contributed by atoms with Crippen LogP contribution >= 0.6 is 0 Å². The van der Waals surface area contributed by atoms with Gasteiger partial charge in [0.2, 0.25) is 5.82 Å². The van der Waals surface area contributed by atoms with Crippen molar-refractivity contribution in [3.8, 4) is 11.4 Å². The first-order chi connectivity index (χ1) is 12.8. The Morgan fingerprint density at radius 1 is 1.33 bits per heavy atom. The van der Waals surface area contributed by atoms with E-state index in [1.807, 2.05) is 11.6 Å². The number of rotatable bonds is 3. The second-order valence-electron chi connectivity index (χ2n) is 6.24. The van der Waals surface area contributed by atoms with Crippen LogP contribution in [-0.4, -0.2) is 49.4 Å². The fourth-order valence-electron chi connectivity index (χ4n) is 2.71. The summed E-state index contributed by atoms with van der Waals surface area (Å²) in [5.41, 5.74) is 1.57. The fourth-order valence-corrected chi connectivity index (χ4v) is 2.71. The second kappa shape index (κ2) is 9.45. The molecule has 3 rings (SSSR count). The van der Waals surface area contributed by atoms with Crippen LogP contribution in [0, 0.1) is 0 Å². The summed E-state index contributed by atoms with van der Waals surface area (Å²) < 4.78 is 33.5. The number of nitrogens with one attached hydrogen (secondary N) is 1. The largest absolute Gasteiger partial charge is 0.411 e. The Morgan fingerprint density at radius 2 is 2.00 bits per heavy atom. The van der Waals surface area contributed by atoms with Crippen molar-refractivity contribution in [1.82, 2.24) is 24.8 Å². The molecule has 1 amide bonds. The molecule has 1 fully saturated rings. The number of hydrogen-bond donors (Lipinski definition) is 2. The maximum Gasteiger partial charge on any atom is 0.411 e. The maximum absolute atomic E-state index is 12.3. The third-order valence-electron chi connectivity index (χ3n) is 4.06. The third-order valence-corrected chi connectivity index (χ3v) is 4.06. The summed E-state index contributed by atoms with van der Waals surface area (Å²) in [5, 5.41) is 10.3. The lowest BCUT2D eigenvalue weighted by molar-refractivity contribution is -0.159. The topological polar surface area (TPSA) is 92.9 Å². The molecule has 1 saturated carbocycles. The van der Waals surface area contributed by atoms with Crippen LogP contribution in [0.15, 0.2) is 24.8 Å². The number of imidazole rings is 1. The van der Waals surface area contributed by atoms with Crippen LogP contribution in [-0.2, 0) is 7.05 Å². The van der Waals surface area contributed by atoms with E-state index in [0.29, 0.717) is 5.69 Å². The predicted molar refractivity (Wildman–Crippen MR) is 91.7 cm³/mol. The molecule has 0 atom stereocenters. The van der Waals surface area contributed by atoms with Gasteiger partial charge in [0, 0.05) is 19.3 Å². The molecule has 0 radical (unpaired) electrons. The number of carbonyl (C=O) groups is 1. The van der Waals surface area contributed by atoms with Gasteiger partial charge in [-0.2, -0.15) is 13.2 Å². The first kappa shape index (κ1) is 20.8. The summed E-state index contributed by atoms with van der Waals surface area (Å²) in [5.74, 6) is 0.0326. The summed E-state index contributed by atoms with van der Waals surface area (Å²) in [7, 11) is 1.90. The zero-order valence-electron chi connectivity index (χ0n) is 14.9. The van der Waals surface area contributed by atoms with Gasteiger partial charge in [-0.05, 0) is 18.9 Å². The lowest BCUT2D eigenvalue weighted by Gasteiger charge is -2.22. The molecule has 0 bridgehead atoms. The highest BCUT2D eigenvalue weighted by molar-refractivity contribution is 5.91. The lowest BCUT2D eigenvalue weighted by atomic mass is 9.95. The van der Waals surface area contributed by atoms with Crippen LogP contribution < -0.4 is 5.32 Å². The number of aromatic nitrogens is 4. The Kier molecular flexibility index (Phi) is 7.28. The standard InChI is InChI=1S/C15H19N5O.C2H3F3O/c1-20-10-16-9-13(20)12-7-8-17-14(19-12)15(21)18-11-5-3-2-4-6-11;3-2(4,5)1-6/h7-11H,2-6H2,1H3,(H,18,21);6H,1H2. The van der Waals surface area contributed by atoms with Crippen molar-refractivity contribution < 1.29 is 23.1 Å². The maximum atomic E-state index is 12.3. The van der Waals surface area contributed by atoms with Gasteiger partial charge >= 0.3 is 6.18 Å². The number of halogens is 3.